The van der Waals surface area contributed by atoms with E-state index in [4.69, 9.17) is 5.73 Å². The average Bonchev–Trinajstić information content (AvgIpc) is 2.85. The molecule has 1 saturated carbocycles. The van der Waals surface area contributed by atoms with Crippen LogP contribution >= 0.6 is 0 Å². The Hall–Kier alpha value is -1.36. The molecule has 1 unspecified atom stereocenters. The monoisotopic (exact) mass is 264 g/mol. The van der Waals surface area contributed by atoms with Gasteiger partial charge >= 0.3 is 0 Å². The number of hydrogen-bond donors (Lipinski definition) is 2. The molecule has 1 aromatic rings. The van der Waals surface area contributed by atoms with Gasteiger partial charge in [0.15, 0.2) is 0 Å². The van der Waals surface area contributed by atoms with E-state index >= 15 is 0 Å². The highest BCUT2D eigenvalue weighted by molar-refractivity contribution is 5.81. The van der Waals surface area contributed by atoms with E-state index in [1.165, 1.54) is 19.3 Å². The van der Waals surface area contributed by atoms with Crippen LogP contribution in [0.2, 0.25) is 0 Å². The predicted octanol–water partition coefficient (Wildman–Crippen LogP) is 1.74. The first-order valence-electron chi connectivity index (χ1n) is 7.27. The van der Waals surface area contributed by atoms with E-state index in [2.05, 4.69) is 17.2 Å². The van der Waals surface area contributed by atoms with Crippen molar-refractivity contribution in [1.29, 1.82) is 0 Å². The van der Waals surface area contributed by atoms with Crippen LogP contribution in [-0.2, 0) is 11.3 Å². The lowest BCUT2D eigenvalue weighted by Crippen LogP contribution is -2.41. The second-order valence-corrected chi connectivity index (χ2v) is 5.35. The Morgan fingerprint density at radius 2 is 2.26 bits per heavy atom. The summed E-state index contributed by atoms with van der Waals surface area (Å²) in [6, 6.07) is -0.0200. The Bertz CT molecular complexity index is 409. The largest absolute Gasteiger partial charge is 0.368 e. The number of rotatable bonds is 6. The Morgan fingerprint density at radius 1 is 1.53 bits per heavy atom. The first-order chi connectivity index (χ1) is 9.22. The molecule has 3 N–H and O–H groups in total. The molecule has 0 spiro atoms. The highest BCUT2D eigenvalue weighted by Gasteiger charge is 2.25. The molecule has 1 aromatic heterocycles. The lowest BCUT2D eigenvalue weighted by atomic mass is 9.94. The number of amides is 1. The maximum atomic E-state index is 11.7. The Kier molecular flexibility index (Phi) is 4.96. The quantitative estimate of drug-likeness (QED) is 0.822. The molecule has 1 aliphatic carbocycles. The number of primary amides is 1. The van der Waals surface area contributed by atoms with Gasteiger partial charge in [0.2, 0.25) is 5.91 Å². The summed E-state index contributed by atoms with van der Waals surface area (Å²) in [6.45, 7) is 2.98. The van der Waals surface area contributed by atoms with Crippen molar-refractivity contribution < 1.29 is 4.79 Å². The summed E-state index contributed by atoms with van der Waals surface area (Å²) in [6.07, 6.45) is 10.6. The zero-order chi connectivity index (χ0) is 13.7. The fourth-order valence-electron chi connectivity index (χ4n) is 2.82. The van der Waals surface area contributed by atoms with Crippen LogP contribution in [0.5, 0.6) is 0 Å². The number of aromatic nitrogens is 2. The van der Waals surface area contributed by atoms with E-state index in [0.717, 1.165) is 31.5 Å². The van der Waals surface area contributed by atoms with Crippen molar-refractivity contribution in [3.05, 3.63) is 18.2 Å². The molecule has 106 valence electrons. The number of carbonyl (C=O) groups excluding carboxylic acids is 1. The highest BCUT2D eigenvalue weighted by Crippen LogP contribution is 2.21. The Morgan fingerprint density at radius 3 is 2.89 bits per heavy atom. The molecule has 1 fully saturated rings. The van der Waals surface area contributed by atoms with Crippen LogP contribution in [-0.4, -0.2) is 21.5 Å². The second kappa shape index (κ2) is 6.70. The minimum Gasteiger partial charge on any atom is -0.368 e. The first kappa shape index (κ1) is 14.1. The SMILES string of the molecule is CCCn1cncc1C(NC1CCCCC1)C(N)=O. The highest BCUT2D eigenvalue weighted by atomic mass is 16.1. The number of nitrogens with two attached hydrogens (primary N) is 1. The van der Waals surface area contributed by atoms with Gasteiger partial charge in [-0.1, -0.05) is 26.2 Å². The lowest BCUT2D eigenvalue weighted by molar-refractivity contribution is -0.120. The molecule has 1 amide bonds. The molecule has 19 heavy (non-hydrogen) atoms. The van der Waals surface area contributed by atoms with E-state index in [1.54, 1.807) is 12.5 Å². The van der Waals surface area contributed by atoms with Gasteiger partial charge < -0.3 is 10.3 Å². The summed E-state index contributed by atoms with van der Waals surface area (Å²) in [5.74, 6) is -0.316. The van der Waals surface area contributed by atoms with Crippen LogP contribution in [0.1, 0.15) is 57.2 Å². The molecule has 1 aliphatic rings. The van der Waals surface area contributed by atoms with Gasteiger partial charge in [-0.05, 0) is 19.3 Å². The van der Waals surface area contributed by atoms with Crippen LogP contribution in [0, 0.1) is 0 Å². The number of nitrogens with zero attached hydrogens (tertiary/aromatic N) is 2. The summed E-state index contributed by atoms with van der Waals surface area (Å²) in [5, 5.41) is 3.42. The van der Waals surface area contributed by atoms with Gasteiger partial charge in [0.25, 0.3) is 0 Å². The zero-order valence-corrected chi connectivity index (χ0v) is 11.6. The van der Waals surface area contributed by atoms with Gasteiger partial charge in [-0.3, -0.25) is 10.1 Å². The first-order valence-corrected chi connectivity index (χ1v) is 7.27. The van der Waals surface area contributed by atoms with Crippen molar-refractivity contribution in [3.8, 4) is 0 Å². The normalized spacial score (nSPS) is 18.4. The number of imidazole rings is 1. The van der Waals surface area contributed by atoms with Crippen molar-refractivity contribution in [2.24, 2.45) is 5.73 Å². The smallest absolute Gasteiger partial charge is 0.240 e. The zero-order valence-electron chi connectivity index (χ0n) is 11.6. The molecule has 2 rings (SSSR count). The van der Waals surface area contributed by atoms with Crippen molar-refractivity contribution in [3.63, 3.8) is 0 Å². The van der Waals surface area contributed by atoms with E-state index < -0.39 is 6.04 Å². The van der Waals surface area contributed by atoms with E-state index in [9.17, 15) is 4.79 Å². The van der Waals surface area contributed by atoms with Gasteiger partial charge in [0.1, 0.15) is 6.04 Å². The van der Waals surface area contributed by atoms with Crippen molar-refractivity contribution in [2.45, 2.75) is 64.1 Å². The van der Waals surface area contributed by atoms with Crippen LogP contribution in [0.25, 0.3) is 0 Å². The minimum atomic E-state index is -0.419. The molecule has 5 nitrogen and oxygen atoms in total. The van der Waals surface area contributed by atoms with Gasteiger partial charge in [-0.2, -0.15) is 0 Å². The fraction of sp³-hybridized carbons (Fsp3) is 0.714. The summed E-state index contributed by atoms with van der Waals surface area (Å²) < 4.78 is 2.02. The van der Waals surface area contributed by atoms with Gasteiger partial charge in [-0.25, -0.2) is 4.98 Å². The van der Waals surface area contributed by atoms with Crippen molar-refractivity contribution >= 4 is 5.91 Å². The third-order valence-electron chi connectivity index (χ3n) is 3.80. The Balaban J connectivity index is 2.10. The minimum absolute atomic E-state index is 0.316. The van der Waals surface area contributed by atoms with Crippen molar-refractivity contribution in [1.82, 2.24) is 14.9 Å². The summed E-state index contributed by atoms with van der Waals surface area (Å²) in [4.78, 5) is 15.9. The van der Waals surface area contributed by atoms with E-state index in [1.807, 2.05) is 4.57 Å². The number of hydrogen-bond acceptors (Lipinski definition) is 3. The molecule has 0 aromatic carbocycles. The summed E-state index contributed by atoms with van der Waals surface area (Å²) >= 11 is 0. The average molecular weight is 264 g/mol. The Labute approximate surface area is 114 Å². The maximum absolute atomic E-state index is 11.7. The lowest BCUT2D eigenvalue weighted by Gasteiger charge is -2.27. The standard InChI is InChI=1S/C14H24N4O/c1-2-8-18-10-16-9-12(18)13(14(15)19)17-11-6-4-3-5-7-11/h9-11,13,17H,2-8H2,1H3,(H2,15,19). The van der Waals surface area contributed by atoms with Crippen LogP contribution in [0.4, 0.5) is 0 Å². The summed E-state index contributed by atoms with van der Waals surface area (Å²) in [7, 11) is 0. The molecule has 0 saturated heterocycles. The topological polar surface area (TPSA) is 72.9 Å². The maximum Gasteiger partial charge on any atom is 0.240 e. The summed E-state index contributed by atoms with van der Waals surface area (Å²) in [5.41, 5.74) is 6.46. The van der Waals surface area contributed by atoms with Crippen LogP contribution in [0.15, 0.2) is 12.5 Å². The van der Waals surface area contributed by atoms with Crippen LogP contribution < -0.4 is 11.1 Å². The van der Waals surface area contributed by atoms with Gasteiger partial charge in [0, 0.05) is 12.6 Å². The molecule has 0 aliphatic heterocycles. The fourth-order valence-corrected chi connectivity index (χ4v) is 2.82. The van der Waals surface area contributed by atoms with Gasteiger partial charge in [-0.15, -0.1) is 0 Å². The second-order valence-electron chi connectivity index (χ2n) is 5.35. The number of carbonyl (C=O) groups is 1. The molecule has 1 atom stereocenters. The van der Waals surface area contributed by atoms with Crippen molar-refractivity contribution in [2.75, 3.05) is 0 Å². The van der Waals surface area contributed by atoms with E-state index in [-0.39, 0.29) is 5.91 Å². The molecule has 0 bridgehead atoms. The molecular formula is C14H24N4O. The third kappa shape index (κ3) is 3.56. The van der Waals surface area contributed by atoms with Crippen LogP contribution in [0.3, 0.4) is 0 Å². The third-order valence-corrected chi connectivity index (χ3v) is 3.80. The number of nitrogens with one attached hydrogen (secondary N) is 1. The number of aryl methyl sites for hydroxylation is 1. The molecule has 0 radical (unpaired) electrons. The molecule has 5 heteroatoms. The van der Waals surface area contributed by atoms with Gasteiger partial charge in [0.05, 0.1) is 18.2 Å². The van der Waals surface area contributed by atoms with E-state index in [0.29, 0.717) is 6.04 Å². The predicted molar refractivity (Wildman–Crippen MR) is 74.5 cm³/mol. The molecular weight excluding hydrogens is 240 g/mol. The molecule has 1 heterocycles.